The molecule has 1 amide bonds. The van der Waals surface area contributed by atoms with Gasteiger partial charge in [-0.05, 0) is 12.1 Å². The van der Waals surface area contributed by atoms with E-state index in [1.54, 1.807) is 19.3 Å². The second-order valence-corrected chi connectivity index (χ2v) is 4.57. The van der Waals surface area contributed by atoms with Gasteiger partial charge in [-0.3, -0.25) is 9.48 Å². The van der Waals surface area contributed by atoms with E-state index in [-0.39, 0.29) is 27.7 Å². The van der Waals surface area contributed by atoms with Crippen LogP contribution < -0.4 is 10.1 Å². The van der Waals surface area contributed by atoms with Crippen LogP contribution in [-0.4, -0.2) is 33.9 Å². The van der Waals surface area contributed by atoms with Crippen molar-refractivity contribution < 1.29 is 19.4 Å². The molecule has 7 nitrogen and oxygen atoms in total. The molecule has 110 valence electrons. The van der Waals surface area contributed by atoms with Gasteiger partial charge in [0.1, 0.15) is 11.3 Å². The van der Waals surface area contributed by atoms with Gasteiger partial charge in [0.25, 0.3) is 5.91 Å². The summed E-state index contributed by atoms with van der Waals surface area (Å²) in [6.45, 7) is 0. The summed E-state index contributed by atoms with van der Waals surface area (Å²) in [5.41, 5.74) is 0.377. The molecule has 0 aliphatic rings. The first-order valence-electron chi connectivity index (χ1n) is 5.84. The van der Waals surface area contributed by atoms with Crippen LogP contribution in [0, 0.1) is 0 Å². The van der Waals surface area contributed by atoms with E-state index in [9.17, 15) is 9.59 Å². The molecule has 0 atom stereocenters. The third-order valence-corrected chi connectivity index (χ3v) is 3.03. The molecular formula is C13H12ClN3O4. The van der Waals surface area contributed by atoms with Crippen molar-refractivity contribution in [2.24, 2.45) is 7.05 Å². The number of aromatic carboxylic acids is 1. The number of carboxylic acids is 1. The summed E-state index contributed by atoms with van der Waals surface area (Å²) in [6.07, 6.45) is 1.63. The highest BCUT2D eigenvalue weighted by Crippen LogP contribution is 2.31. The van der Waals surface area contributed by atoms with Gasteiger partial charge >= 0.3 is 5.97 Å². The number of hydrogen-bond donors (Lipinski definition) is 2. The highest BCUT2D eigenvalue weighted by Gasteiger charge is 2.17. The zero-order chi connectivity index (χ0) is 15.6. The molecule has 2 rings (SSSR count). The van der Waals surface area contributed by atoms with Gasteiger partial charge < -0.3 is 15.2 Å². The Kier molecular flexibility index (Phi) is 4.13. The molecule has 8 heteroatoms. The van der Waals surface area contributed by atoms with Gasteiger partial charge in [0, 0.05) is 19.3 Å². The number of methoxy groups -OCH3 is 1. The lowest BCUT2D eigenvalue weighted by molar-refractivity contribution is 0.0693. The molecule has 0 fully saturated rings. The number of nitrogens with zero attached hydrogens (tertiary/aromatic N) is 2. The molecule has 1 aromatic carbocycles. The highest BCUT2D eigenvalue weighted by atomic mass is 35.5. The number of anilines is 1. The maximum Gasteiger partial charge on any atom is 0.339 e. The van der Waals surface area contributed by atoms with Crippen LogP contribution in [0.25, 0.3) is 0 Å². The molecule has 1 aromatic heterocycles. The van der Waals surface area contributed by atoms with E-state index in [0.717, 1.165) is 0 Å². The number of benzene rings is 1. The van der Waals surface area contributed by atoms with Gasteiger partial charge in [0.2, 0.25) is 0 Å². The molecule has 0 aliphatic heterocycles. The third kappa shape index (κ3) is 3.14. The zero-order valence-corrected chi connectivity index (χ0v) is 12.0. The fraction of sp³-hybridized carbons (Fsp3) is 0.154. The largest absolute Gasteiger partial charge is 0.496 e. The number of carbonyl (C=O) groups is 2. The normalized spacial score (nSPS) is 10.2. The van der Waals surface area contributed by atoms with Gasteiger partial charge in [-0.2, -0.15) is 5.10 Å². The molecule has 0 radical (unpaired) electrons. The number of nitrogens with one attached hydrogen (secondary N) is 1. The predicted octanol–water partition coefficient (Wildman–Crippen LogP) is 2.03. The van der Waals surface area contributed by atoms with Crippen molar-refractivity contribution in [3.05, 3.63) is 40.7 Å². The Labute approximate surface area is 125 Å². The van der Waals surface area contributed by atoms with E-state index in [0.29, 0.717) is 0 Å². The van der Waals surface area contributed by atoms with Crippen LogP contribution in [-0.2, 0) is 7.05 Å². The number of halogens is 1. The van der Waals surface area contributed by atoms with Crippen LogP contribution in [0.15, 0.2) is 24.4 Å². The van der Waals surface area contributed by atoms with Crippen molar-refractivity contribution in [2.75, 3.05) is 12.4 Å². The molecule has 2 N–H and O–H groups in total. The minimum Gasteiger partial charge on any atom is -0.496 e. The quantitative estimate of drug-likeness (QED) is 0.901. The number of rotatable bonds is 4. The Morgan fingerprint density at radius 1 is 1.43 bits per heavy atom. The summed E-state index contributed by atoms with van der Waals surface area (Å²) in [5, 5.41) is 15.7. The minimum atomic E-state index is -1.17. The van der Waals surface area contributed by atoms with Crippen molar-refractivity contribution in [2.45, 2.75) is 0 Å². The molecule has 1 heterocycles. The van der Waals surface area contributed by atoms with Crippen molar-refractivity contribution in [3.8, 4) is 5.75 Å². The van der Waals surface area contributed by atoms with Crippen molar-refractivity contribution in [3.63, 3.8) is 0 Å². The van der Waals surface area contributed by atoms with Crippen LogP contribution in [0.3, 0.4) is 0 Å². The third-order valence-electron chi connectivity index (χ3n) is 2.71. The number of carboxylic acid groups (broad SMARTS) is 1. The number of aromatic nitrogens is 2. The van der Waals surface area contributed by atoms with Crippen LogP contribution in [0.5, 0.6) is 5.75 Å². The van der Waals surface area contributed by atoms with Crippen LogP contribution in [0.4, 0.5) is 5.69 Å². The predicted molar refractivity (Wildman–Crippen MR) is 76.1 cm³/mol. The maximum atomic E-state index is 12.0. The van der Waals surface area contributed by atoms with Gasteiger partial charge in [0.05, 0.1) is 17.8 Å². The Balaban J connectivity index is 2.32. The molecule has 0 bridgehead atoms. The number of ether oxygens (including phenoxy) is 1. The zero-order valence-electron chi connectivity index (χ0n) is 11.3. The number of aryl methyl sites for hydroxylation is 1. The average Bonchev–Trinajstić information content (AvgIpc) is 2.87. The molecule has 0 unspecified atom stereocenters. The first kappa shape index (κ1) is 14.9. The molecule has 21 heavy (non-hydrogen) atoms. The SMILES string of the molecule is COc1cc(NC(=O)c2ccn(C)n2)c(Cl)cc1C(=O)O. The van der Waals surface area contributed by atoms with E-state index >= 15 is 0 Å². The Hall–Kier alpha value is -2.54. The Morgan fingerprint density at radius 3 is 2.67 bits per heavy atom. The molecular weight excluding hydrogens is 298 g/mol. The smallest absolute Gasteiger partial charge is 0.339 e. The van der Waals surface area contributed by atoms with Gasteiger partial charge in [0.15, 0.2) is 5.69 Å². The lowest BCUT2D eigenvalue weighted by Crippen LogP contribution is -2.14. The van der Waals surface area contributed by atoms with Crippen LogP contribution >= 0.6 is 11.6 Å². The van der Waals surface area contributed by atoms with Crippen LogP contribution in [0.2, 0.25) is 5.02 Å². The van der Waals surface area contributed by atoms with Crippen molar-refractivity contribution in [1.29, 1.82) is 0 Å². The second-order valence-electron chi connectivity index (χ2n) is 4.17. The van der Waals surface area contributed by atoms with Gasteiger partial charge in [-0.1, -0.05) is 11.6 Å². The standard InChI is InChI=1S/C13H12ClN3O4/c1-17-4-3-9(16-17)12(18)15-10-6-11(21-2)7(13(19)20)5-8(10)14/h3-6H,1-2H3,(H,15,18)(H,19,20). The Morgan fingerprint density at radius 2 is 2.14 bits per heavy atom. The lowest BCUT2D eigenvalue weighted by Gasteiger charge is -2.10. The maximum absolute atomic E-state index is 12.0. The van der Waals surface area contributed by atoms with Crippen molar-refractivity contribution >= 4 is 29.2 Å². The van der Waals surface area contributed by atoms with Gasteiger partial charge in [-0.25, -0.2) is 4.79 Å². The summed E-state index contributed by atoms with van der Waals surface area (Å²) in [4.78, 5) is 23.0. The van der Waals surface area contributed by atoms with E-state index < -0.39 is 11.9 Å². The van der Waals surface area contributed by atoms with E-state index in [2.05, 4.69) is 10.4 Å². The number of hydrogen-bond acceptors (Lipinski definition) is 4. The Bertz CT molecular complexity index is 711. The summed E-state index contributed by atoms with van der Waals surface area (Å²) in [7, 11) is 3.02. The van der Waals surface area contributed by atoms with E-state index in [4.69, 9.17) is 21.4 Å². The summed E-state index contributed by atoms with van der Waals surface area (Å²) in [5.74, 6) is -1.53. The lowest BCUT2D eigenvalue weighted by atomic mass is 10.1. The monoisotopic (exact) mass is 309 g/mol. The summed E-state index contributed by atoms with van der Waals surface area (Å²) >= 11 is 5.98. The van der Waals surface area contributed by atoms with E-state index in [1.807, 2.05) is 0 Å². The first-order chi connectivity index (χ1) is 9.92. The highest BCUT2D eigenvalue weighted by molar-refractivity contribution is 6.34. The molecule has 0 spiro atoms. The molecule has 0 saturated carbocycles. The number of amides is 1. The fourth-order valence-electron chi connectivity index (χ4n) is 1.71. The molecule has 0 aliphatic carbocycles. The second kappa shape index (κ2) is 5.84. The average molecular weight is 310 g/mol. The molecule has 0 saturated heterocycles. The van der Waals surface area contributed by atoms with Crippen LogP contribution in [0.1, 0.15) is 20.8 Å². The topological polar surface area (TPSA) is 93.5 Å². The number of carbonyl (C=O) groups excluding carboxylic acids is 1. The summed E-state index contributed by atoms with van der Waals surface area (Å²) in [6, 6.07) is 4.12. The first-order valence-corrected chi connectivity index (χ1v) is 6.22. The van der Waals surface area contributed by atoms with Gasteiger partial charge in [-0.15, -0.1) is 0 Å². The van der Waals surface area contributed by atoms with E-state index in [1.165, 1.54) is 23.9 Å². The molecule has 2 aromatic rings. The summed E-state index contributed by atoms with van der Waals surface area (Å²) < 4.78 is 6.47. The van der Waals surface area contributed by atoms with Crippen molar-refractivity contribution in [1.82, 2.24) is 9.78 Å². The minimum absolute atomic E-state index is 0.0849. The fourth-order valence-corrected chi connectivity index (χ4v) is 1.92.